The van der Waals surface area contributed by atoms with Crippen LogP contribution in [0.1, 0.15) is 72.1 Å². The van der Waals surface area contributed by atoms with E-state index in [2.05, 4.69) is 25.2 Å². The Morgan fingerprint density at radius 1 is 1.34 bits per heavy atom. The number of aliphatic hydroxyl groups excluding tert-OH is 1. The van der Waals surface area contributed by atoms with E-state index in [4.69, 9.17) is 4.74 Å². The van der Waals surface area contributed by atoms with E-state index >= 15 is 0 Å². The Balaban J connectivity index is 0.00000420. The van der Waals surface area contributed by atoms with Crippen molar-refractivity contribution >= 4 is 11.9 Å². The zero-order chi connectivity index (χ0) is 20.7. The maximum Gasteiger partial charge on any atom is 1.00 e. The first-order valence-electron chi connectivity index (χ1n) is 10.8. The van der Waals surface area contributed by atoms with Crippen LogP contribution in [0.5, 0.6) is 0 Å². The first kappa shape index (κ1) is 26.4. The number of ether oxygens (including phenoxy) is 1. The molecule has 0 aromatic rings. The van der Waals surface area contributed by atoms with Gasteiger partial charge in [0.15, 0.2) is 0 Å². The van der Waals surface area contributed by atoms with Gasteiger partial charge in [-0.1, -0.05) is 51.8 Å². The Kier molecular flexibility index (Phi) is 11.8. The van der Waals surface area contributed by atoms with E-state index in [1.165, 1.54) is 5.57 Å². The number of hydrogen-bond donors (Lipinski definition) is 1. The molecule has 0 spiro atoms. The van der Waals surface area contributed by atoms with Crippen molar-refractivity contribution in [3.8, 4) is 0 Å². The quantitative estimate of drug-likeness (QED) is 0.313. The fourth-order valence-electron chi connectivity index (χ4n) is 4.44. The van der Waals surface area contributed by atoms with E-state index < -0.39 is 12.1 Å². The molecule has 0 amide bonds. The number of allylic oxidation sites excluding steroid dienone is 3. The predicted octanol–water partition coefficient (Wildman–Crippen LogP) is 0.168. The molecule has 0 bridgehead atoms. The van der Waals surface area contributed by atoms with Gasteiger partial charge in [-0.2, -0.15) is 0 Å². The smallest absolute Gasteiger partial charge is 0.550 e. The van der Waals surface area contributed by atoms with Gasteiger partial charge in [0.25, 0.3) is 0 Å². The summed E-state index contributed by atoms with van der Waals surface area (Å²) in [5, 5.41) is 20.3. The van der Waals surface area contributed by atoms with Gasteiger partial charge in [-0.3, -0.25) is 4.79 Å². The van der Waals surface area contributed by atoms with Crippen LogP contribution in [-0.2, 0) is 14.3 Å². The summed E-state index contributed by atoms with van der Waals surface area (Å²) in [7, 11) is 0. The van der Waals surface area contributed by atoms with Gasteiger partial charge in [0.2, 0.25) is 0 Å². The van der Waals surface area contributed by atoms with Crippen molar-refractivity contribution in [2.24, 2.45) is 23.7 Å². The van der Waals surface area contributed by atoms with Crippen LogP contribution in [0.4, 0.5) is 0 Å². The van der Waals surface area contributed by atoms with E-state index in [0.29, 0.717) is 18.3 Å². The monoisotopic (exact) mass is 414 g/mol. The Morgan fingerprint density at radius 2 is 2.07 bits per heavy atom. The molecular weight excluding hydrogens is 379 g/mol. The van der Waals surface area contributed by atoms with Gasteiger partial charge in [-0.25, -0.2) is 0 Å². The molecule has 0 unspecified atom stereocenters. The maximum atomic E-state index is 12.4. The minimum atomic E-state index is -1.21. The van der Waals surface area contributed by atoms with Crippen molar-refractivity contribution in [1.82, 2.24) is 0 Å². The molecule has 0 aliphatic heterocycles. The fourth-order valence-corrected chi connectivity index (χ4v) is 4.44. The van der Waals surface area contributed by atoms with Crippen molar-refractivity contribution in [2.45, 2.75) is 84.3 Å². The summed E-state index contributed by atoms with van der Waals surface area (Å²) in [6.07, 6.45) is 11.3. The number of unbranched alkanes of at least 4 members (excludes halogenated alkanes) is 1. The number of esters is 1. The van der Waals surface area contributed by atoms with Crippen LogP contribution >= 0.6 is 0 Å². The third kappa shape index (κ3) is 7.86. The average molecular weight is 415 g/mol. The van der Waals surface area contributed by atoms with Crippen molar-refractivity contribution < 1.29 is 54.1 Å². The van der Waals surface area contributed by atoms with Crippen molar-refractivity contribution in [3.05, 3.63) is 23.8 Å². The summed E-state index contributed by atoms with van der Waals surface area (Å²) in [4.78, 5) is 22.9. The Bertz CT molecular complexity index is 600. The number of carbonyl (C=O) groups is 2. The SMILES string of the molecule is CC[C@H](C)C(=O)O[C@H]1CCC=C2C=C[C@H](C)[C@H](CCCC[C@@H](O)CC(=O)[O-])[C@H]21.[Na+]. The van der Waals surface area contributed by atoms with Gasteiger partial charge in [-0.05, 0) is 49.5 Å². The van der Waals surface area contributed by atoms with Crippen LogP contribution in [0.15, 0.2) is 23.8 Å². The maximum absolute atomic E-state index is 12.4. The molecule has 6 heteroatoms. The fraction of sp³-hybridized carbons (Fsp3) is 0.739. The molecule has 2 aliphatic rings. The number of aliphatic carboxylic acids is 1. The summed E-state index contributed by atoms with van der Waals surface area (Å²) >= 11 is 0. The van der Waals surface area contributed by atoms with Crippen LogP contribution in [-0.4, -0.2) is 29.3 Å². The first-order valence-corrected chi connectivity index (χ1v) is 10.8. The van der Waals surface area contributed by atoms with Crippen molar-refractivity contribution in [1.29, 1.82) is 0 Å². The topological polar surface area (TPSA) is 86.7 Å². The van der Waals surface area contributed by atoms with E-state index in [1.807, 2.05) is 13.8 Å². The zero-order valence-corrected chi connectivity index (χ0v) is 20.4. The van der Waals surface area contributed by atoms with E-state index in [-0.39, 0.29) is 59.9 Å². The number of rotatable bonds is 10. The number of carboxylic acid groups (broad SMARTS) is 1. The van der Waals surface area contributed by atoms with E-state index in [1.54, 1.807) is 0 Å². The normalized spacial score (nSPS) is 27.8. The summed E-state index contributed by atoms with van der Waals surface area (Å²) in [5.74, 6) is -0.353. The number of hydrogen-bond acceptors (Lipinski definition) is 5. The zero-order valence-electron chi connectivity index (χ0n) is 18.4. The molecule has 1 N–H and O–H groups in total. The minimum Gasteiger partial charge on any atom is -0.550 e. The average Bonchev–Trinajstić information content (AvgIpc) is 2.65. The molecule has 0 heterocycles. The van der Waals surface area contributed by atoms with Gasteiger partial charge in [0.05, 0.1) is 12.0 Å². The second-order valence-corrected chi connectivity index (χ2v) is 8.49. The van der Waals surface area contributed by atoms with Gasteiger partial charge >= 0.3 is 35.5 Å². The summed E-state index contributed by atoms with van der Waals surface area (Å²) in [6, 6.07) is 0. The van der Waals surface area contributed by atoms with Gasteiger partial charge in [-0.15, -0.1) is 0 Å². The molecule has 5 nitrogen and oxygen atoms in total. The van der Waals surface area contributed by atoms with Crippen LogP contribution in [0.2, 0.25) is 0 Å². The Morgan fingerprint density at radius 3 is 2.72 bits per heavy atom. The van der Waals surface area contributed by atoms with Crippen LogP contribution in [0.3, 0.4) is 0 Å². The number of fused-ring (bicyclic) bond motifs is 1. The van der Waals surface area contributed by atoms with Gasteiger partial charge in [0, 0.05) is 18.3 Å². The summed E-state index contributed by atoms with van der Waals surface area (Å²) < 4.78 is 5.95. The van der Waals surface area contributed by atoms with Gasteiger partial charge in [0.1, 0.15) is 6.10 Å². The third-order valence-electron chi connectivity index (χ3n) is 6.35. The molecule has 6 atom stereocenters. The second kappa shape index (κ2) is 12.9. The molecule has 29 heavy (non-hydrogen) atoms. The molecule has 2 rings (SSSR count). The van der Waals surface area contributed by atoms with E-state index in [9.17, 15) is 19.8 Å². The third-order valence-corrected chi connectivity index (χ3v) is 6.35. The largest absolute Gasteiger partial charge is 1.00 e. The molecule has 0 aromatic carbocycles. The number of carboxylic acids is 1. The minimum absolute atomic E-state index is 0. The molecule has 0 radical (unpaired) electrons. The Labute approximate surface area is 197 Å². The molecule has 2 aliphatic carbocycles. The standard InChI is InChI=1S/C23H36O5.Na/c1-4-15(2)23(27)28-20-11-7-8-17-13-12-16(3)19(22(17)20)10-6-5-9-18(24)14-21(25)26;/h8,12-13,15-16,18-20,22,24H,4-7,9-11,14H2,1-3H3,(H,25,26);/q;+1/p-1/t15-,16-,18+,19-,20-,22-;/m0./s1. The van der Waals surface area contributed by atoms with Crippen LogP contribution in [0.25, 0.3) is 0 Å². The molecule has 158 valence electrons. The Hall–Kier alpha value is -0.620. The van der Waals surface area contributed by atoms with Gasteiger partial charge < -0.3 is 19.7 Å². The summed E-state index contributed by atoms with van der Waals surface area (Å²) in [6.45, 7) is 6.13. The van der Waals surface area contributed by atoms with Crippen molar-refractivity contribution in [3.63, 3.8) is 0 Å². The van der Waals surface area contributed by atoms with E-state index in [0.717, 1.165) is 38.5 Å². The molecule has 0 saturated carbocycles. The molecular formula is C23H35NaO5. The summed E-state index contributed by atoms with van der Waals surface area (Å²) in [5.41, 5.74) is 1.29. The molecule has 0 saturated heterocycles. The van der Waals surface area contributed by atoms with Crippen LogP contribution < -0.4 is 34.7 Å². The predicted molar refractivity (Wildman–Crippen MR) is 106 cm³/mol. The molecule has 0 fully saturated rings. The number of aliphatic hydroxyl groups is 1. The van der Waals surface area contributed by atoms with Crippen LogP contribution in [0, 0.1) is 23.7 Å². The molecule has 0 aromatic heterocycles. The second-order valence-electron chi connectivity index (χ2n) is 8.49. The number of carbonyl (C=O) groups excluding carboxylic acids is 2. The van der Waals surface area contributed by atoms with Crippen molar-refractivity contribution in [2.75, 3.05) is 0 Å². The first-order chi connectivity index (χ1) is 13.3.